The fraction of sp³-hybridized carbons (Fsp3) is 0.250. The molecular weight excluding hydrogens is 378 g/mol. The second-order valence-electron chi connectivity index (χ2n) is 7.24. The standard InChI is InChI=1S/C24H27N3O3/c1-4-27(17(2)3)21-13-9-19(10-14-21)23(28)25-16-18-7-11-20(12-8-18)26-24(29)22-6-5-15-30-22/h5-15,17H,4,16H2,1-3H3,(H,25,28)(H,26,29). The van der Waals surface area contributed by atoms with Crippen LogP contribution in [0.2, 0.25) is 0 Å². The van der Waals surface area contributed by atoms with E-state index in [1.165, 1.54) is 6.26 Å². The number of hydrogen-bond acceptors (Lipinski definition) is 4. The van der Waals surface area contributed by atoms with Crippen molar-refractivity contribution in [3.8, 4) is 0 Å². The number of anilines is 2. The van der Waals surface area contributed by atoms with E-state index in [1.54, 1.807) is 24.3 Å². The van der Waals surface area contributed by atoms with Gasteiger partial charge in [0.1, 0.15) is 0 Å². The van der Waals surface area contributed by atoms with E-state index in [4.69, 9.17) is 4.42 Å². The zero-order chi connectivity index (χ0) is 21.5. The van der Waals surface area contributed by atoms with Gasteiger partial charge in [-0.05, 0) is 74.9 Å². The van der Waals surface area contributed by atoms with Crippen molar-refractivity contribution in [3.63, 3.8) is 0 Å². The molecule has 0 saturated heterocycles. The summed E-state index contributed by atoms with van der Waals surface area (Å²) < 4.78 is 5.07. The van der Waals surface area contributed by atoms with Crippen molar-refractivity contribution < 1.29 is 14.0 Å². The van der Waals surface area contributed by atoms with Gasteiger partial charge >= 0.3 is 0 Å². The molecule has 0 radical (unpaired) electrons. The van der Waals surface area contributed by atoms with Crippen LogP contribution in [0, 0.1) is 0 Å². The molecule has 0 aliphatic rings. The summed E-state index contributed by atoms with van der Waals surface area (Å²) in [6.45, 7) is 7.74. The van der Waals surface area contributed by atoms with Crippen LogP contribution >= 0.6 is 0 Å². The molecule has 0 fully saturated rings. The highest BCUT2D eigenvalue weighted by Gasteiger charge is 2.11. The summed E-state index contributed by atoms with van der Waals surface area (Å²) >= 11 is 0. The molecule has 0 unspecified atom stereocenters. The highest BCUT2D eigenvalue weighted by molar-refractivity contribution is 6.02. The van der Waals surface area contributed by atoms with Crippen LogP contribution in [0.15, 0.2) is 71.3 Å². The first kappa shape index (κ1) is 21.2. The Kier molecular flexibility index (Phi) is 6.91. The summed E-state index contributed by atoms with van der Waals surface area (Å²) in [7, 11) is 0. The Morgan fingerprint density at radius 2 is 1.67 bits per heavy atom. The minimum atomic E-state index is -0.302. The van der Waals surface area contributed by atoms with Crippen molar-refractivity contribution in [1.29, 1.82) is 0 Å². The first-order valence-corrected chi connectivity index (χ1v) is 10.1. The molecule has 3 rings (SSSR count). The molecule has 0 spiro atoms. The summed E-state index contributed by atoms with van der Waals surface area (Å²) in [4.78, 5) is 26.7. The van der Waals surface area contributed by atoms with E-state index in [1.807, 2.05) is 36.4 Å². The van der Waals surface area contributed by atoms with Gasteiger partial charge in [0.05, 0.1) is 6.26 Å². The molecule has 1 aromatic heterocycles. The average molecular weight is 405 g/mol. The molecule has 156 valence electrons. The van der Waals surface area contributed by atoms with E-state index in [2.05, 4.69) is 36.3 Å². The Bertz CT molecular complexity index is 962. The highest BCUT2D eigenvalue weighted by Crippen LogP contribution is 2.18. The van der Waals surface area contributed by atoms with Crippen molar-refractivity contribution in [1.82, 2.24) is 5.32 Å². The molecule has 3 aromatic rings. The summed E-state index contributed by atoms with van der Waals surface area (Å²) in [6, 6.07) is 18.7. The van der Waals surface area contributed by atoms with Crippen molar-refractivity contribution in [3.05, 3.63) is 83.8 Å². The number of benzene rings is 2. The van der Waals surface area contributed by atoms with Crippen LogP contribution in [0.5, 0.6) is 0 Å². The third-order valence-electron chi connectivity index (χ3n) is 4.84. The zero-order valence-electron chi connectivity index (χ0n) is 17.5. The van der Waals surface area contributed by atoms with E-state index in [0.29, 0.717) is 23.8 Å². The summed E-state index contributed by atoms with van der Waals surface area (Å²) in [5, 5.41) is 5.69. The topological polar surface area (TPSA) is 74.6 Å². The Hall–Kier alpha value is -3.54. The number of amides is 2. The van der Waals surface area contributed by atoms with Crippen LogP contribution in [0.25, 0.3) is 0 Å². The van der Waals surface area contributed by atoms with Gasteiger partial charge in [0.2, 0.25) is 0 Å². The highest BCUT2D eigenvalue weighted by atomic mass is 16.3. The molecule has 2 amide bonds. The lowest BCUT2D eigenvalue weighted by molar-refractivity contribution is 0.0950. The van der Waals surface area contributed by atoms with Crippen LogP contribution < -0.4 is 15.5 Å². The summed E-state index contributed by atoms with van der Waals surface area (Å²) in [5.74, 6) is -0.166. The third kappa shape index (κ3) is 5.29. The SMILES string of the molecule is CCN(c1ccc(C(=O)NCc2ccc(NC(=O)c3ccco3)cc2)cc1)C(C)C. The molecule has 6 nitrogen and oxygen atoms in total. The Labute approximate surface area is 176 Å². The quantitative estimate of drug-likeness (QED) is 0.570. The van der Waals surface area contributed by atoms with Crippen molar-refractivity contribution >= 4 is 23.2 Å². The van der Waals surface area contributed by atoms with Crippen molar-refractivity contribution in [2.45, 2.75) is 33.4 Å². The number of carbonyl (C=O) groups excluding carboxylic acids is 2. The Morgan fingerprint density at radius 3 is 2.23 bits per heavy atom. The maximum atomic E-state index is 12.5. The molecule has 6 heteroatoms. The number of nitrogens with zero attached hydrogens (tertiary/aromatic N) is 1. The van der Waals surface area contributed by atoms with E-state index < -0.39 is 0 Å². The van der Waals surface area contributed by atoms with Gasteiger partial charge in [0.15, 0.2) is 5.76 Å². The summed E-state index contributed by atoms with van der Waals surface area (Å²) in [5.41, 5.74) is 3.33. The number of carbonyl (C=O) groups is 2. The normalized spacial score (nSPS) is 10.7. The number of furan rings is 1. The predicted molar refractivity (Wildman–Crippen MR) is 119 cm³/mol. The minimum absolute atomic E-state index is 0.121. The fourth-order valence-corrected chi connectivity index (χ4v) is 3.24. The zero-order valence-corrected chi connectivity index (χ0v) is 17.5. The van der Waals surface area contributed by atoms with E-state index in [-0.39, 0.29) is 17.6 Å². The lowest BCUT2D eigenvalue weighted by Crippen LogP contribution is -2.30. The summed E-state index contributed by atoms with van der Waals surface area (Å²) in [6.07, 6.45) is 1.46. The van der Waals surface area contributed by atoms with Crippen LogP contribution in [-0.2, 0) is 6.54 Å². The molecule has 0 bridgehead atoms. The van der Waals surface area contributed by atoms with Crippen LogP contribution in [0.3, 0.4) is 0 Å². The minimum Gasteiger partial charge on any atom is -0.459 e. The van der Waals surface area contributed by atoms with E-state index in [9.17, 15) is 9.59 Å². The molecule has 2 aromatic carbocycles. The van der Waals surface area contributed by atoms with E-state index >= 15 is 0 Å². The van der Waals surface area contributed by atoms with Gasteiger partial charge < -0.3 is 20.0 Å². The van der Waals surface area contributed by atoms with Gasteiger partial charge in [0, 0.05) is 36.1 Å². The number of rotatable bonds is 8. The number of nitrogens with one attached hydrogen (secondary N) is 2. The van der Waals surface area contributed by atoms with Crippen LogP contribution in [-0.4, -0.2) is 24.4 Å². The Morgan fingerprint density at radius 1 is 0.967 bits per heavy atom. The van der Waals surface area contributed by atoms with Crippen molar-refractivity contribution in [2.24, 2.45) is 0 Å². The molecule has 0 atom stereocenters. The van der Waals surface area contributed by atoms with Gasteiger partial charge in [-0.2, -0.15) is 0 Å². The number of hydrogen-bond donors (Lipinski definition) is 2. The van der Waals surface area contributed by atoms with Gasteiger partial charge in [-0.3, -0.25) is 9.59 Å². The fourth-order valence-electron chi connectivity index (χ4n) is 3.24. The average Bonchev–Trinajstić information content (AvgIpc) is 3.29. The lowest BCUT2D eigenvalue weighted by atomic mass is 10.1. The second-order valence-corrected chi connectivity index (χ2v) is 7.24. The second kappa shape index (κ2) is 9.78. The van der Waals surface area contributed by atoms with Crippen LogP contribution in [0.4, 0.5) is 11.4 Å². The van der Waals surface area contributed by atoms with Crippen LogP contribution in [0.1, 0.15) is 47.2 Å². The maximum Gasteiger partial charge on any atom is 0.291 e. The molecule has 2 N–H and O–H groups in total. The van der Waals surface area contributed by atoms with Gasteiger partial charge in [0.25, 0.3) is 11.8 Å². The molecule has 1 heterocycles. The van der Waals surface area contributed by atoms with Gasteiger partial charge in [-0.1, -0.05) is 12.1 Å². The van der Waals surface area contributed by atoms with Crippen molar-refractivity contribution in [2.75, 3.05) is 16.8 Å². The maximum absolute atomic E-state index is 12.5. The largest absolute Gasteiger partial charge is 0.459 e. The van der Waals surface area contributed by atoms with Gasteiger partial charge in [-0.25, -0.2) is 0 Å². The predicted octanol–water partition coefficient (Wildman–Crippen LogP) is 4.70. The molecule has 0 saturated carbocycles. The van der Waals surface area contributed by atoms with Gasteiger partial charge in [-0.15, -0.1) is 0 Å². The molecular formula is C24H27N3O3. The monoisotopic (exact) mass is 405 g/mol. The lowest BCUT2D eigenvalue weighted by Gasteiger charge is -2.27. The molecule has 0 aliphatic heterocycles. The van der Waals surface area contributed by atoms with E-state index in [0.717, 1.165) is 17.8 Å². The first-order valence-electron chi connectivity index (χ1n) is 10.1. The molecule has 30 heavy (non-hydrogen) atoms. The Balaban J connectivity index is 1.53. The smallest absolute Gasteiger partial charge is 0.291 e. The molecule has 0 aliphatic carbocycles. The third-order valence-corrected chi connectivity index (χ3v) is 4.84. The first-order chi connectivity index (χ1) is 14.5.